The summed E-state index contributed by atoms with van der Waals surface area (Å²) in [6, 6.07) is 9.21. The quantitative estimate of drug-likeness (QED) is 0.686. The van der Waals surface area contributed by atoms with Gasteiger partial charge < -0.3 is 10.5 Å². The molecule has 6 nitrogen and oxygen atoms in total. The van der Waals surface area contributed by atoms with Crippen LogP contribution in [0.25, 0.3) is 0 Å². The van der Waals surface area contributed by atoms with Crippen LogP contribution in [0.4, 0.5) is 11.5 Å². The van der Waals surface area contributed by atoms with Crippen molar-refractivity contribution in [3.63, 3.8) is 0 Å². The van der Waals surface area contributed by atoms with Gasteiger partial charge in [-0.15, -0.1) is 0 Å². The number of halogens is 1. The lowest BCUT2D eigenvalue weighted by Crippen LogP contribution is -2.01. The molecule has 1 heterocycles. The molecule has 0 aliphatic rings. The number of anilines is 1. The maximum absolute atomic E-state index is 10.6. The van der Waals surface area contributed by atoms with E-state index in [1.54, 1.807) is 18.2 Å². The average Bonchev–Trinajstić information content (AvgIpc) is 2.37. The largest absolute Gasteiger partial charge is 0.486 e. The molecule has 0 unspecified atom stereocenters. The van der Waals surface area contributed by atoms with Crippen molar-refractivity contribution < 1.29 is 9.66 Å². The molecule has 2 aromatic rings. The van der Waals surface area contributed by atoms with Crippen molar-refractivity contribution in [2.45, 2.75) is 6.61 Å². The van der Waals surface area contributed by atoms with E-state index < -0.39 is 4.92 Å². The summed E-state index contributed by atoms with van der Waals surface area (Å²) in [5.41, 5.74) is 6.11. The van der Waals surface area contributed by atoms with Gasteiger partial charge in [-0.1, -0.05) is 17.7 Å². The Morgan fingerprint density at radius 2 is 2.16 bits per heavy atom. The Bertz CT molecular complexity index is 619. The highest BCUT2D eigenvalue weighted by atomic mass is 35.5. The number of nitrogens with two attached hydrogens (primary N) is 1. The van der Waals surface area contributed by atoms with Gasteiger partial charge in [-0.25, -0.2) is 4.98 Å². The van der Waals surface area contributed by atoms with E-state index in [-0.39, 0.29) is 17.3 Å². The summed E-state index contributed by atoms with van der Waals surface area (Å²) in [5.74, 6) is 0.757. The third-order valence-electron chi connectivity index (χ3n) is 2.33. The van der Waals surface area contributed by atoms with E-state index in [4.69, 9.17) is 22.1 Å². The van der Waals surface area contributed by atoms with Crippen molar-refractivity contribution in [2.24, 2.45) is 0 Å². The Labute approximate surface area is 113 Å². The van der Waals surface area contributed by atoms with Crippen LogP contribution in [0.1, 0.15) is 5.69 Å². The minimum absolute atomic E-state index is 0.0839. The smallest absolute Gasteiger partial charge is 0.271 e. The van der Waals surface area contributed by atoms with Crippen LogP contribution < -0.4 is 10.5 Å². The molecule has 19 heavy (non-hydrogen) atoms. The van der Waals surface area contributed by atoms with Crippen molar-refractivity contribution in [2.75, 3.05) is 5.73 Å². The number of hydrogen-bond acceptors (Lipinski definition) is 5. The zero-order valence-electron chi connectivity index (χ0n) is 9.75. The van der Waals surface area contributed by atoms with Gasteiger partial charge in [0, 0.05) is 12.1 Å². The highest BCUT2D eigenvalue weighted by Crippen LogP contribution is 2.29. The number of nitro groups is 1. The van der Waals surface area contributed by atoms with Gasteiger partial charge in [-0.2, -0.15) is 0 Å². The number of rotatable bonds is 4. The zero-order valence-corrected chi connectivity index (χ0v) is 10.5. The normalized spacial score (nSPS) is 10.2. The predicted molar refractivity (Wildman–Crippen MR) is 71.1 cm³/mol. The number of benzene rings is 1. The zero-order chi connectivity index (χ0) is 13.8. The van der Waals surface area contributed by atoms with Crippen molar-refractivity contribution in [1.82, 2.24) is 4.98 Å². The molecule has 0 radical (unpaired) electrons. The van der Waals surface area contributed by atoms with E-state index in [0.717, 1.165) is 0 Å². The first-order valence-corrected chi connectivity index (χ1v) is 5.72. The van der Waals surface area contributed by atoms with Crippen molar-refractivity contribution >= 4 is 23.1 Å². The fraction of sp³-hybridized carbons (Fsp3) is 0.0833. The van der Waals surface area contributed by atoms with Gasteiger partial charge in [-0.05, 0) is 18.2 Å². The van der Waals surface area contributed by atoms with Crippen LogP contribution in [0, 0.1) is 10.1 Å². The molecule has 0 bridgehead atoms. The van der Waals surface area contributed by atoms with E-state index in [1.165, 1.54) is 18.2 Å². The van der Waals surface area contributed by atoms with Crippen molar-refractivity contribution in [1.29, 1.82) is 0 Å². The first kappa shape index (κ1) is 13.1. The molecule has 0 saturated heterocycles. The summed E-state index contributed by atoms with van der Waals surface area (Å²) in [5, 5.41) is 10.7. The Morgan fingerprint density at radius 3 is 2.79 bits per heavy atom. The van der Waals surface area contributed by atoms with Gasteiger partial charge in [0.25, 0.3) is 5.69 Å². The third kappa shape index (κ3) is 3.32. The summed E-state index contributed by atoms with van der Waals surface area (Å²) < 4.78 is 5.44. The van der Waals surface area contributed by atoms with Crippen LogP contribution in [0.2, 0.25) is 5.02 Å². The summed E-state index contributed by atoms with van der Waals surface area (Å²) >= 11 is 5.90. The predicted octanol–water partition coefficient (Wildman–Crippen LogP) is 2.80. The molecule has 0 fully saturated rings. The number of nitro benzene ring substituents is 1. The molecular weight excluding hydrogens is 270 g/mol. The Balaban J connectivity index is 2.10. The second-order valence-corrected chi connectivity index (χ2v) is 4.12. The lowest BCUT2D eigenvalue weighted by Gasteiger charge is -2.07. The van der Waals surface area contributed by atoms with Crippen LogP contribution in [0.3, 0.4) is 0 Å². The fourth-order valence-electron chi connectivity index (χ4n) is 1.45. The van der Waals surface area contributed by atoms with Crippen molar-refractivity contribution in [3.8, 4) is 5.75 Å². The molecule has 0 amide bonds. The standard InChI is InChI=1S/C12H10ClN3O3/c13-10-6-9(16(17)18)4-5-11(10)19-7-8-2-1-3-12(14)15-8/h1-6H,7H2,(H2,14,15). The third-order valence-corrected chi connectivity index (χ3v) is 2.63. The van der Waals surface area contributed by atoms with Gasteiger partial charge in [0.05, 0.1) is 15.6 Å². The summed E-state index contributed by atoms with van der Waals surface area (Å²) in [4.78, 5) is 14.1. The SMILES string of the molecule is Nc1cccc(COc2ccc([N+](=O)[O-])cc2Cl)n1. The van der Waals surface area contributed by atoms with E-state index >= 15 is 0 Å². The minimum Gasteiger partial charge on any atom is -0.486 e. The molecular formula is C12H10ClN3O3. The molecule has 1 aromatic carbocycles. The molecule has 0 spiro atoms. The van der Waals surface area contributed by atoms with Crippen molar-refractivity contribution in [3.05, 3.63) is 57.2 Å². The van der Waals surface area contributed by atoms with E-state index in [0.29, 0.717) is 17.3 Å². The van der Waals surface area contributed by atoms with E-state index in [9.17, 15) is 10.1 Å². The number of hydrogen-bond donors (Lipinski definition) is 1. The highest BCUT2D eigenvalue weighted by molar-refractivity contribution is 6.32. The molecule has 2 N–H and O–H groups in total. The Morgan fingerprint density at radius 1 is 1.37 bits per heavy atom. The molecule has 0 aliphatic heterocycles. The van der Waals surface area contributed by atoms with Gasteiger partial charge in [-0.3, -0.25) is 10.1 Å². The van der Waals surface area contributed by atoms with Gasteiger partial charge in [0.2, 0.25) is 0 Å². The second-order valence-electron chi connectivity index (χ2n) is 3.71. The summed E-state index contributed by atoms with van der Waals surface area (Å²) in [7, 11) is 0. The highest BCUT2D eigenvalue weighted by Gasteiger charge is 2.10. The molecule has 2 rings (SSSR count). The summed E-state index contributed by atoms with van der Waals surface area (Å²) in [6.07, 6.45) is 0. The fourth-order valence-corrected chi connectivity index (χ4v) is 1.68. The van der Waals surface area contributed by atoms with Crippen LogP contribution in [-0.4, -0.2) is 9.91 Å². The molecule has 7 heteroatoms. The van der Waals surface area contributed by atoms with Crippen LogP contribution >= 0.6 is 11.6 Å². The molecule has 0 atom stereocenters. The van der Waals surface area contributed by atoms with Gasteiger partial charge in [0.1, 0.15) is 18.2 Å². The topological polar surface area (TPSA) is 91.3 Å². The maximum Gasteiger partial charge on any atom is 0.271 e. The molecule has 98 valence electrons. The first-order valence-electron chi connectivity index (χ1n) is 5.34. The van der Waals surface area contributed by atoms with E-state index in [2.05, 4.69) is 4.98 Å². The Hall–Kier alpha value is -2.34. The van der Waals surface area contributed by atoms with Crippen LogP contribution in [0.15, 0.2) is 36.4 Å². The van der Waals surface area contributed by atoms with E-state index in [1.807, 2.05) is 0 Å². The number of pyridine rings is 1. The van der Waals surface area contributed by atoms with Crippen LogP contribution in [-0.2, 0) is 6.61 Å². The number of nitrogen functional groups attached to an aromatic ring is 1. The monoisotopic (exact) mass is 279 g/mol. The van der Waals surface area contributed by atoms with Gasteiger partial charge >= 0.3 is 0 Å². The average molecular weight is 280 g/mol. The second kappa shape index (κ2) is 5.53. The molecule has 1 aromatic heterocycles. The number of nitrogens with zero attached hydrogens (tertiary/aromatic N) is 2. The number of aromatic nitrogens is 1. The number of ether oxygens (including phenoxy) is 1. The lowest BCUT2D eigenvalue weighted by molar-refractivity contribution is -0.384. The van der Waals surface area contributed by atoms with Crippen LogP contribution in [0.5, 0.6) is 5.75 Å². The minimum atomic E-state index is -0.519. The first-order chi connectivity index (χ1) is 9.06. The number of non-ortho nitro benzene ring substituents is 1. The Kier molecular flexibility index (Phi) is 3.82. The lowest BCUT2D eigenvalue weighted by atomic mass is 10.3. The maximum atomic E-state index is 10.6. The summed E-state index contributed by atoms with van der Waals surface area (Å²) in [6.45, 7) is 0.183. The molecule has 0 saturated carbocycles. The van der Waals surface area contributed by atoms with Gasteiger partial charge in [0.15, 0.2) is 0 Å². The molecule has 0 aliphatic carbocycles.